The number of benzene rings is 1. The largest absolute Gasteiger partial charge is 0.382 e. The number of methoxy groups -OCH3 is 1. The Morgan fingerprint density at radius 3 is 2.65 bits per heavy atom. The van der Waals surface area contributed by atoms with Gasteiger partial charge in [-0.3, -0.25) is 0 Å². The van der Waals surface area contributed by atoms with Gasteiger partial charge in [0.2, 0.25) is 0 Å². The Kier molecular flexibility index (Phi) is 5.26. The number of hydrogen-bond acceptors (Lipinski definition) is 4. The molecule has 0 spiro atoms. The summed E-state index contributed by atoms with van der Waals surface area (Å²) in [6.07, 6.45) is 4.05. The Balaban J connectivity index is 2.17. The SMILES string of the molecule is CNC(CCC(C)OC)c1cnnn1-c1ccccc1. The molecule has 2 atom stereocenters. The van der Waals surface area contributed by atoms with Gasteiger partial charge in [-0.25, -0.2) is 4.68 Å². The van der Waals surface area contributed by atoms with Gasteiger partial charge < -0.3 is 10.1 Å². The van der Waals surface area contributed by atoms with E-state index in [1.807, 2.05) is 48.3 Å². The van der Waals surface area contributed by atoms with E-state index in [2.05, 4.69) is 22.6 Å². The van der Waals surface area contributed by atoms with Crippen LogP contribution in [0.5, 0.6) is 0 Å². The second kappa shape index (κ2) is 7.17. The number of para-hydroxylation sites is 1. The van der Waals surface area contributed by atoms with E-state index in [4.69, 9.17) is 4.74 Å². The minimum Gasteiger partial charge on any atom is -0.382 e. The first-order valence-corrected chi connectivity index (χ1v) is 6.92. The molecule has 2 aromatic rings. The van der Waals surface area contributed by atoms with Crippen molar-refractivity contribution in [2.45, 2.75) is 31.9 Å². The molecule has 5 heteroatoms. The minimum absolute atomic E-state index is 0.211. The quantitative estimate of drug-likeness (QED) is 0.842. The monoisotopic (exact) mass is 274 g/mol. The molecule has 20 heavy (non-hydrogen) atoms. The lowest BCUT2D eigenvalue weighted by molar-refractivity contribution is 0.106. The van der Waals surface area contributed by atoms with Crippen LogP contribution >= 0.6 is 0 Å². The predicted octanol–water partition coefficient (Wildman–Crippen LogP) is 2.34. The molecule has 1 heterocycles. The molecular weight excluding hydrogens is 252 g/mol. The van der Waals surface area contributed by atoms with Gasteiger partial charge in [-0.1, -0.05) is 23.4 Å². The maximum Gasteiger partial charge on any atom is 0.0815 e. The number of hydrogen-bond donors (Lipinski definition) is 1. The molecule has 0 bridgehead atoms. The summed E-state index contributed by atoms with van der Waals surface area (Å²) in [5.41, 5.74) is 2.10. The Morgan fingerprint density at radius 2 is 2.00 bits per heavy atom. The van der Waals surface area contributed by atoms with Gasteiger partial charge in [0.15, 0.2) is 0 Å². The van der Waals surface area contributed by atoms with Crippen molar-refractivity contribution in [1.29, 1.82) is 0 Å². The zero-order chi connectivity index (χ0) is 14.4. The molecule has 108 valence electrons. The molecule has 0 saturated heterocycles. The lowest BCUT2D eigenvalue weighted by Gasteiger charge is -2.19. The maximum absolute atomic E-state index is 5.31. The molecule has 0 fully saturated rings. The zero-order valence-electron chi connectivity index (χ0n) is 12.3. The first-order valence-electron chi connectivity index (χ1n) is 6.92. The van der Waals surface area contributed by atoms with Crippen molar-refractivity contribution < 1.29 is 4.74 Å². The predicted molar refractivity (Wildman–Crippen MR) is 78.9 cm³/mol. The third-order valence-electron chi connectivity index (χ3n) is 3.55. The summed E-state index contributed by atoms with van der Waals surface area (Å²) >= 11 is 0. The molecule has 2 unspecified atom stereocenters. The highest BCUT2D eigenvalue weighted by atomic mass is 16.5. The van der Waals surface area contributed by atoms with E-state index in [1.165, 1.54) is 0 Å². The highest BCUT2D eigenvalue weighted by Crippen LogP contribution is 2.21. The fraction of sp³-hybridized carbons (Fsp3) is 0.467. The van der Waals surface area contributed by atoms with Gasteiger partial charge in [-0.05, 0) is 38.9 Å². The standard InChI is InChI=1S/C15H22N4O/c1-12(20-3)9-10-14(16-2)15-11-17-18-19(15)13-7-5-4-6-8-13/h4-8,11-12,14,16H,9-10H2,1-3H3. The molecule has 2 rings (SSSR count). The Hall–Kier alpha value is -1.72. The van der Waals surface area contributed by atoms with Crippen molar-refractivity contribution >= 4 is 0 Å². The van der Waals surface area contributed by atoms with Crippen LogP contribution in [0.1, 0.15) is 31.5 Å². The summed E-state index contributed by atoms with van der Waals surface area (Å²) in [6, 6.07) is 10.3. The van der Waals surface area contributed by atoms with Crippen molar-refractivity contribution in [3.05, 3.63) is 42.2 Å². The molecule has 1 aromatic heterocycles. The molecule has 0 aliphatic carbocycles. The minimum atomic E-state index is 0.211. The lowest BCUT2D eigenvalue weighted by atomic mass is 10.1. The number of ether oxygens (including phenoxy) is 1. The maximum atomic E-state index is 5.31. The zero-order valence-corrected chi connectivity index (χ0v) is 12.3. The molecule has 5 nitrogen and oxygen atoms in total. The van der Waals surface area contributed by atoms with Crippen LogP contribution in [0.3, 0.4) is 0 Å². The molecule has 1 N–H and O–H groups in total. The van der Waals surface area contributed by atoms with E-state index >= 15 is 0 Å². The fourth-order valence-corrected chi connectivity index (χ4v) is 2.21. The first-order chi connectivity index (χ1) is 9.76. The van der Waals surface area contributed by atoms with Gasteiger partial charge in [0.1, 0.15) is 0 Å². The average Bonchev–Trinajstić information content (AvgIpc) is 2.98. The summed E-state index contributed by atoms with van der Waals surface area (Å²) in [5.74, 6) is 0. The summed E-state index contributed by atoms with van der Waals surface area (Å²) < 4.78 is 7.20. The fourth-order valence-electron chi connectivity index (χ4n) is 2.21. The first kappa shape index (κ1) is 14.7. The van der Waals surface area contributed by atoms with Crippen LogP contribution in [0.25, 0.3) is 5.69 Å². The van der Waals surface area contributed by atoms with Crippen molar-refractivity contribution in [3.63, 3.8) is 0 Å². The van der Waals surface area contributed by atoms with Gasteiger partial charge >= 0.3 is 0 Å². The Bertz CT molecular complexity index is 512. The molecular formula is C15H22N4O. The van der Waals surface area contributed by atoms with Gasteiger partial charge in [-0.15, -0.1) is 5.10 Å². The second-order valence-electron chi connectivity index (χ2n) is 4.87. The molecule has 0 radical (unpaired) electrons. The van der Waals surface area contributed by atoms with Crippen LogP contribution in [0.15, 0.2) is 36.5 Å². The van der Waals surface area contributed by atoms with E-state index in [9.17, 15) is 0 Å². The number of nitrogens with zero attached hydrogens (tertiary/aromatic N) is 3. The van der Waals surface area contributed by atoms with Crippen LogP contribution < -0.4 is 5.32 Å². The third-order valence-corrected chi connectivity index (χ3v) is 3.55. The van der Waals surface area contributed by atoms with Crippen molar-refractivity contribution in [1.82, 2.24) is 20.3 Å². The van der Waals surface area contributed by atoms with Crippen LogP contribution in [0, 0.1) is 0 Å². The summed E-state index contributed by atoms with van der Waals surface area (Å²) in [7, 11) is 3.71. The molecule has 0 aliphatic rings. The number of rotatable bonds is 7. The topological polar surface area (TPSA) is 52.0 Å². The van der Waals surface area contributed by atoms with Gasteiger partial charge in [0.25, 0.3) is 0 Å². The van der Waals surface area contributed by atoms with E-state index in [1.54, 1.807) is 7.11 Å². The normalized spacial score (nSPS) is 14.2. The van der Waals surface area contributed by atoms with E-state index < -0.39 is 0 Å². The van der Waals surface area contributed by atoms with E-state index in [-0.39, 0.29) is 12.1 Å². The van der Waals surface area contributed by atoms with Gasteiger partial charge in [-0.2, -0.15) is 0 Å². The molecule has 0 aliphatic heterocycles. The van der Waals surface area contributed by atoms with Crippen LogP contribution in [-0.4, -0.2) is 35.3 Å². The molecule has 1 aromatic carbocycles. The van der Waals surface area contributed by atoms with Crippen molar-refractivity contribution in [2.75, 3.05) is 14.2 Å². The Morgan fingerprint density at radius 1 is 1.25 bits per heavy atom. The van der Waals surface area contributed by atoms with Crippen LogP contribution in [-0.2, 0) is 4.74 Å². The summed E-state index contributed by atoms with van der Waals surface area (Å²) in [6.45, 7) is 2.08. The van der Waals surface area contributed by atoms with Crippen molar-refractivity contribution in [2.24, 2.45) is 0 Å². The van der Waals surface area contributed by atoms with Gasteiger partial charge in [0, 0.05) is 7.11 Å². The van der Waals surface area contributed by atoms with E-state index in [0.29, 0.717) is 0 Å². The smallest absolute Gasteiger partial charge is 0.0815 e. The second-order valence-corrected chi connectivity index (χ2v) is 4.87. The van der Waals surface area contributed by atoms with Gasteiger partial charge in [0.05, 0.1) is 29.7 Å². The highest BCUT2D eigenvalue weighted by Gasteiger charge is 2.17. The van der Waals surface area contributed by atoms with E-state index in [0.717, 1.165) is 24.2 Å². The Labute approximate surface area is 120 Å². The average molecular weight is 274 g/mol. The number of aromatic nitrogens is 3. The third kappa shape index (κ3) is 3.43. The summed E-state index contributed by atoms with van der Waals surface area (Å²) in [4.78, 5) is 0. The molecule has 0 saturated carbocycles. The highest BCUT2D eigenvalue weighted by molar-refractivity contribution is 5.32. The molecule has 0 amide bonds. The van der Waals surface area contributed by atoms with Crippen molar-refractivity contribution in [3.8, 4) is 5.69 Å². The van der Waals surface area contributed by atoms with Crippen LogP contribution in [0.2, 0.25) is 0 Å². The number of nitrogens with one attached hydrogen (secondary N) is 1. The summed E-state index contributed by atoms with van der Waals surface area (Å²) in [5, 5.41) is 11.6. The lowest BCUT2D eigenvalue weighted by Crippen LogP contribution is -2.21. The van der Waals surface area contributed by atoms with Crippen LogP contribution in [0.4, 0.5) is 0 Å².